The minimum absolute atomic E-state index is 0.798. The van der Waals surface area contributed by atoms with Crippen LogP contribution in [0.2, 0.25) is 0 Å². The molecule has 0 saturated heterocycles. The van der Waals surface area contributed by atoms with Gasteiger partial charge in [0, 0.05) is 7.05 Å². The zero-order chi connectivity index (χ0) is 10.6. The maximum atomic E-state index is 5.51. The van der Waals surface area contributed by atoms with E-state index in [9.17, 15) is 0 Å². The van der Waals surface area contributed by atoms with Crippen LogP contribution in [-0.2, 0) is 0 Å². The van der Waals surface area contributed by atoms with Crippen molar-refractivity contribution in [3.05, 3.63) is 23.8 Å². The summed E-state index contributed by atoms with van der Waals surface area (Å²) >= 11 is 0. The summed E-state index contributed by atoms with van der Waals surface area (Å²) in [5.74, 6) is 1.01. The molecule has 1 aromatic carbocycles. The summed E-state index contributed by atoms with van der Waals surface area (Å²) in [6.07, 6.45) is 0. The number of hydrogen-bond acceptors (Lipinski definition) is 2. The number of nitrogens with zero attached hydrogens (tertiary/aromatic N) is 1. The summed E-state index contributed by atoms with van der Waals surface area (Å²) < 4.78 is 5.51. The van der Waals surface area contributed by atoms with Crippen molar-refractivity contribution in [3.63, 3.8) is 0 Å². The molecule has 0 amide bonds. The first-order valence-corrected chi connectivity index (χ1v) is 5.22. The molecular weight excluding hydrogens is 174 g/mol. The third-order valence-corrected chi connectivity index (χ3v) is 2.21. The van der Waals surface area contributed by atoms with Gasteiger partial charge in [-0.05, 0) is 24.6 Å². The van der Waals surface area contributed by atoms with Crippen molar-refractivity contribution in [2.75, 3.05) is 25.1 Å². The molecule has 0 aromatic heterocycles. The Morgan fingerprint density at radius 1 is 1.29 bits per heavy atom. The molecule has 14 heavy (non-hydrogen) atoms. The van der Waals surface area contributed by atoms with Crippen molar-refractivity contribution in [3.8, 4) is 5.75 Å². The van der Waals surface area contributed by atoms with E-state index in [1.807, 2.05) is 19.9 Å². The molecule has 2 heteroatoms. The molecule has 2 nitrogen and oxygen atoms in total. The maximum Gasteiger partial charge on any atom is 0.142 e. The third kappa shape index (κ3) is 2.19. The zero-order valence-corrected chi connectivity index (χ0v) is 9.50. The average Bonchev–Trinajstić information content (AvgIpc) is 2.22. The Balaban J connectivity index is 0.000000461. The number of ether oxygens (including phenoxy) is 1. The molecule has 1 heterocycles. The standard InChI is InChI=1S/C10H13NO.C2H6/c1-8-3-4-10-9(7-8)11(2)5-6-12-10;1-2/h3-4,7H,5-6H2,1-2H3;1-2H3. The number of hydrogen-bond donors (Lipinski definition) is 0. The number of rotatable bonds is 0. The quantitative estimate of drug-likeness (QED) is 0.628. The predicted molar refractivity (Wildman–Crippen MR) is 61.3 cm³/mol. The van der Waals surface area contributed by atoms with Crippen LogP contribution < -0.4 is 9.64 Å². The van der Waals surface area contributed by atoms with Gasteiger partial charge < -0.3 is 9.64 Å². The molecule has 0 spiro atoms. The molecule has 1 aromatic rings. The highest BCUT2D eigenvalue weighted by molar-refractivity contribution is 5.60. The largest absolute Gasteiger partial charge is 0.490 e. The fourth-order valence-corrected chi connectivity index (χ4v) is 1.46. The normalized spacial score (nSPS) is 13.6. The Morgan fingerprint density at radius 2 is 2.00 bits per heavy atom. The zero-order valence-electron chi connectivity index (χ0n) is 9.50. The summed E-state index contributed by atoms with van der Waals surface area (Å²) in [6, 6.07) is 6.28. The molecule has 2 rings (SSSR count). The minimum Gasteiger partial charge on any atom is -0.490 e. The Morgan fingerprint density at radius 3 is 2.71 bits per heavy atom. The monoisotopic (exact) mass is 193 g/mol. The van der Waals surface area contributed by atoms with E-state index >= 15 is 0 Å². The smallest absolute Gasteiger partial charge is 0.142 e. The molecule has 0 fully saturated rings. The highest BCUT2D eigenvalue weighted by atomic mass is 16.5. The summed E-state index contributed by atoms with van der Waals surface area (Å²) in [5.41, 5.74) is 2.49. The topological polar surface area (TPSA) is 12.5 Å². The Kier molecular flexibility index (Phi) is 3.81. The number of anilines is 1. The van der Waals surface area contributed by atoms with Gasteiger partial charge in [0.15, 0.2) is 0 Å². The van der Waals surface area contributed by atoms with Gasteiger partial charge >= 0.3 is 0 Å². The second-order valence-electron chi connectivity index (χ2n) is 3.24. The van der Waals surface area contributed by atoms with Crippen LogP contribution in [0, 0.1) is 6.92 Å². The molecule has 0 unspecified atom stereocenters. The minimum atomic E-state index is 0.798. The van der Waals surface area contributed by atoms with Crippen LogP contribution in [0.15, 0.2) is 18.2 Å². The van der Waals surface area contributed by atoms with Crippen molar-refractivity contribution >= 4 is 5.69 Å². The average molecular weight is 193 g/mol. The second-order valence-corrected chi connectivity index (χ2v) is 3.24. The van der Waals surface area contributed by atoms with E-state index < -0.39 is 0 Å². The molecule has 1 aliphatic heterocycles. The summed E-state index contributed by atoms with van der Waals surface area (Å²) in [6.45, 7) is 7.88. The number of aryl methyl sites for hydroxylation is 1. The Labute approximate surface area is 86.5 Å². The van der Waals surface area contributed by atoms with Gasteiger partial charge in [0.05, 0.1) is 12.2 Å². The van der Waals surface area contributed by atoms with Gasteiger partial charge in [-0.3, -0.25) is 0 Å². The number of fused-ring (bicyclic) bond motifs is 1. The van der Waals surface area contributed by atoms with Gasteiger partial charge in [-0.2, -0.15) is 0 Å². The van der Waals surface area contributed by atoms with E-state index in [0.717, 1.165) is 18.9 Å². The summed E-state index contributed by atoms with van der Waals surface area (Å²) in [7, 11) is 2.10. The van der Waals surface area contributed by atoms with Gasteiger partial charge in [0.1, 0.15) is 12.4 Å². The van der Waals surface area contributed by atoms with Crippen molar-refractivity contribution in [1.29, 1.82) is 0 Å². The predicted octanol–water partition coefficient (Wildman–Crippen LogP) is 2.85. The fraction of sp³-hybridized carbons (Fsp3) is 0.500. The SMILES string of the molecule is CC.Cc1ccc2c(c1)N(C)CCO2. The van der Waals surface area contributed by atoms with E-state index in [4.69, 9.17) is 4.74 Å². The first kappa shape index (κ1) is 10.9. The molecule has 1 aliphatic rings. The molecule has 0 bridgehead atoms. The third-order valence-electron chi connectivity index (χ3n) is 2.21. The molecular formula is C12H19NO. The van der Waals surface area contributed by atoms with E-state index in [2.05, 4.69) is 31.0 Å². The number of likely N-dealkylation sites (N-methyl/N-ethyl adjacent to an activating group) is 1. The Bertz CT molecular complexity index is 296. The lowest BCUT2D eigenvalue weighted by Crippen LogP contribution is -2.28. The maximum absolute atomic E-state index is 5.51. The van der Waals surface area contributed by atoms with Crippen LogP contribution in [0.25, 0.3) is 0 Å². The lowest BCUT2D eigenvalue weighted by molar-refractivity contribution is 0.311. The van der Waals surface area contributed by atoms with E-state index in [-0.39, 0.29) is 0 Å². The molecule has 0 atom stereocenters. The van der Waals surface area contributed by atoms with Crippen molar-refractivity contribution in [2.24, 2.45) is 0 Å². The highest BCUT2D eigenvalue weighted by Crippen LogP contribution is 2.30. The van der Waals surface area contributed by atoms with Crippen LogP contribution >= 0.6 is 0 Å². The van der Waals surface area contributed by atoms with E-state index in [1.165, 1.54) is 11.3 Å². The highest BCUT2D eigenvalue weighted by Gasteiger charge is 2.13. The van der Waals surface area contributed by atoms with Gasteiger partial charge in [0.25, 0.3) is 0 Å². The first-order chi connectivity index (χ1) is 6.77. The second kappa shape index (κ2) is 4.89. The molecule has 0 radical (unpaired) electrons. The first-order valence-electron chi connectivity index (χ1n) is 5.22. The van der Waals surface area contributed by atoms with Crippen molar-refractivity contribution in [2.45, 2.75) is 20.8 Å². The van der Waals surface area contributed by atoms with Crippen LogP contribution in [0.3, 0.4) is 0 Å². The van der Waals surface area contributed by atoms with E-state index in [0.29, 0.717) is 0 Å². The van der Waals surface area contributed by atoms with Crippen LogP contribution in [0.1, 0.15) is 19.4 Å². The molecule has 0 aliphatic carbocycles. The summed E-state index contributed by atoms with van der Waals surface area (Å²) in [5, 5.41) is 0. The van der Waals surface area contributed by atoms with E-state index in [1.54, 1.807) is 0 Å². The fourth-order valence-electron chi connectivity index (χ4n) is 1.46. The van der Waals surface area contributed by atoms with Crippen LogP contribution in [-0.4, -0.2) is 20.2 Å². The van der Waals surface area contributed by atoms with Gasteiger partial charge in [-0.1, -0.05) is 19.9 Å². The molecule has 0 saturated carbocycles. The van der Waals surface area contributed by atoms with Gasteiger partial charge in [-0.25, -0.2) is 0 Å². The Hall–Kier alpha value is -1.18. The van der Waals surface area contributed by atoms with Crippen LogP contribution in [0.5, 0.6) is 5.75 Å². The van der Waals surface area contributed by atoms with Crippen LogP contribution in [0.4, 0.5) is 5.69 Å². The lowest BCUT2D eigenvalue weighted by Gasteiger charge is -2.27. The molecule has 78 valence electrons. The summed E-state index contributed by atoms with van der Waals surface area (Å²) in [4.78, 5) is 2.23. The number of benzene rings is 1. The van der Waals surface area contributed by atoms with Gasteiger partial charge in [-0.15, -0.1) is 0 Å². The molecule has 0 N–H and O–H groups in total. The van der Waals surface area contributed by atoms with Crippen molar-refractivity contribution in [1.82, 2.24) is 0 Å². The van der Waals surface area contributed by atoms with Gasteiger partial charge in [0.2, 0.25) is 0 Å². The van der Waals surface area contributed by atoms with Crippen molar-refractivity contribution < 1.29 is 4.74 Å². The lowest BCUT2D eigenvalue weighted by atomic mass is 10.2.